The summed E-state index contributed by atoms with van der Waals surface area (Å²) in [4.78, 5) is 2.76. The minimum atomic E-state index is 0.515. The molecule has 2 heteroatoms. The van der Waals surface area contributed by atoms with Crippen molar-refractivity contribution in [2.75, 3.05) is 26.2 Å². The van der Waals surface area contributed by atoms with Gasteiger partial charge < -0.3 is 10.2 Å². The second-order valence-corrected chi connectivity index (χ2v) is 7.23. The fourth-order valence-electron chi connectivity index (χ4n) is 3.56. The third kappa shape index (κ3) is 4.26. The van der Waals surface area contributed by atoms with Gasteiger partial charge in [0, 0.05) is 6.04 Å². The Morgan fingerprint density at radius 3 is 2.12 bits per heavy atom. The topological polar surface area (TPSA) is 15.3 Å². The molecule has 2 aliphatic heterocycles. The molecule has 2 saturated heterocycles. The Kier molecular flexibility index (Phi) is 4.48. The molecule has 0 bridgehead atoms. The number of rotatable bonds is 2. The smallest absolute Gasteiger partial charge is 0.0119 e. The zero-order valence-corrected chi connectivity index (χ0v) is 12.0. The zero-order valence-electron chi connectivity index (χ0n) is 12.0. The van der Waals surface area contributed by atoms with Crippen LogP contribution in [0.25, 0.3) is 0 Å². The van der Waals surface area contributed by atoms with Gasteiger partial charge in [-0.15, -0.1) is 0 Å². The van der Waals surface area contributed by atoms with Crippen LogP contribution in [0.2, 0.25) is 0 Å². The normalized spacial score (nSPS) is 26.3. The highest BCUT2D eigenvalue weighted by molar-refractivity contribution is 4.83. The van der Waals surface area contributed by atoms with Gasteiger partial charge in [0.05, 0.1) is 0 Å². The van der Waals surface area contributed by atoms with Crippen molar-refractivity contribution in [3.63, 3.8) is 0 Å². The third-order valence-corrected chi connectivity index (χ3v) is 4.38. The molecule has 0 amide bonds. The summed E-state index contributed by atoms with van der Waals surface area (Å²) < 4.78 is 0. The molecule has 2 rings (SSSR count). The molecule has 2 nitrogen and oxygen atoms in total. The molecule has 0 radical (unpaired) electrons. The molecule has 0 unspecified atom stereocenters. The Morgan fingerprint density at radius 1 is 1.00 bits per heavy atom. The second kappa shape index (κ2) is 5.71. The number of piperidine rings is 2. The van der Waals surface area contributed by atoms with E-state index in [-0.39, 0.29) is 0 Å². The Morgan fingerprint density at radius 2 is 1.59 bits per heavy atom. The summed E-state index contributed by atoms with van der Waals surface area (Å²) in [7, 11) is 0. The van der Waals surface area contributed by atoms with Crippen LogP contribution in [-0.4, -0.2) is 37.1 Å². The first-order valence-corrected chi connectivity index (χ1v) is 7.49. The molecule has 1 N–H and O–H groups in total. The summed E-state index contributed by atoms with van der Waals surface area (Å²) in [6.45, 7) is 12.3. The summed E-state index contributed by atoms with van der Waals surface area (Å²) in [6, 6.07) is 0.881. The first-order chi connectivity index (χ1) is 8.04. The highest BCUT2D eigenvalue weighted by atomic mass is 15.2. The molecule has 2 heterocycles. The lowest BCUT2D eigenvalue weighted by Gasteiger charge is -2.40. The van der Waals surface area contributed by atoms with Gasteiger partial charge in [0.25, 0.3) is 0 Å². The molecule has 17 heavy (non-hydrogen) atoms. The van der Waals surface area contributed by atoms with Crippen LogP contribution in [-0.2, 0) is 0 Å². The van der Waals surface area contributed by atoms with Gasteiger partial charge in [-0.3, -0.25) is 0 Å². The maximum absolute atomic E-state index is 3.47. The summed E-state index contributed by atoms with van der Waals surface area (Å²) >= 11 is 0. The summed E-state index contributed by atoms with van der Waals surface area (Å²) in [6.07, 6.45) is 7.00. The highest BCUT2D eigenvalue weighted by Gasteiger charge is 2.27. The molecule has 0 aromatic carbocycles. The molecule has 2 aliphatic rings. The molecule has 2 fully saturated rings. The minimum absolute atomic E-state index is 0.515. The monoisotopic (exact) mass is 238 g/mol. The molecular weight excluding hydrogens is 208 g/mol. The van der Waals surface area contributed by atoms with E-state index in [1.165, 1.54) is 58.3 Å². The van der Waals surface area contributed by atoms with Gasteiger partial charge in [0.1, 0.15) is 0 Å². The van der Waals surface area contributed by atoms with Crippen LogP contribution in [0, 0.1) is 11.3 Å². The van der Waals surface area contributed by atoms with E-state index in [2.05, 4.69) is 31.0 Å². The number of nitrogens with one attached hydrogen (secondary N) is 1. The van der Waals surface area contributed by atoms with Gasteiger partial charge in [-0.25, -0.2) is 0 Å². The van der Waals surface area contributed by atoms with Crippen molar-refractivity contribution < 1.29 is 0 Å². The molecule has 0 saturated carbocycles. The predicted molar refractivity (Wildman–Crippen MR) is 74.3 cm³/mol. The quantitative estimate of drug-likeness (QED) is 0.796. The Bertz CT molecular complexity index is 218. The standard InChI is InChI=1S/C15H30N2/c1-15(2,3)12-13-6-10-17(11-7-13)14-4-8-16-9-5-14/h13-14,16H,4-12H2,1-3H3. The lowest BCUT2D eigenvalue weighted by atomic mass is 9.80. The van der Waals surface area contributed by atoms with Gasteiger partial charge in [-0.05, 0) is 69.6 Å². The van der Waals surface area contributed by atoms with E-state index < -0.39 is 0 Å². The van der Waals surface area contributed by atoms with Gasteiger partial charge in [-0.1, -0.05) is 20.8 Å². The Balaban J connectivity index is 1.73. The molecule has 0 aromatic rings. The largest absolute Gasteiger partial charge is 0.317 e. The van der Waals surface area contributed by atoms with Crippen molar-refractivity contribution in [1.29, 1.82) is 0 Å². The molecular formula is C15H30N2. The van der Waals surface area contributed by atoms with E-state index >= 15 is 0 Å². The Labute approximate surface area is 107 Å². The van der Waals surface area contributed by atoms with Crippen molar-refractivity contribution >= 4 is 0 Å². The third-order valence-electron chi connectivity index (χ3n) is 4.38. The average Bonchev–Trinajstić information content (AvgIpc) is 2.29. The van der Waals surface area contributed by atoms with Crippen molar-refractivity contribution in [2.24, 2.45) is 11.3 Å². The van der Waals surface area contributed by atoms with Gasteiger partial charge >= 0.3 is 0 Å². The number of hydrogen-bond donors (Lipinski definition) is 1. The van der Waals surface area contributed by atoms with Crippen LogP contribution < -0.4 is 5.32 Å². The lowest BCUT2D eigenvalue weighted by Crippen LogP contribution is -2.46. The average molecular weight is 238 g/mol. The van der Waals surface area contributed by atoms with Gasteiger partial charge in [0.15, 0.2) is 0 Å². The molecule has 0 atom stereocenters. The van der Waals surface area contributed by atoms with E-state index in [9.17, 15) is 0 Å². The van der Waals surface area contributed by atoms with Crippen LogP contribution in [0.4, 0.5) is 0 Å². The van der Waals surface area contributed by atoms with Crippen molar-refractivity contribution in [1.82, 2.24) is 10.2 Å². The van der Waals surface area contributed by atoms with E-state index in [1.807, 2.05) is 0 Å². The zero-order chi connectivity index (χ0) is 12.3. The maximum Gasteiger partial charge on any atom is 0.0119 e. The SMILES string of the molecule is CC(C)(C)CC1CCN(C2CCNCC2)CC1. The van der Waals surface area contributed by atoms with Crippen molar-refractivity contribution in [3.05, 3.63) is 0 Å². The first kappa shape index (κ1) is 13.4. The van der Waals surface area contributed by atoms with E-state index in [0.29, 0.717) is 5.41 Å². The maximum atomic E-state index is 3.47. The lowest BCUT2D eigenvalue weighted by molar-refractivity contribution is 0.0965. The number of hydrogen-bond acceptors (Lipinski definition) is 2. The van der Waals surface area contributed by atoms with E-state index in [1.54, 1.807) is 0 Å². The first-order valence-electron chi connectivity index (χ1n) is 7.49. The van der Waals surface area contributed by atoms with Crippen LogP contribution in [0.15, 0.2) is 0 Å². The molecule has 0 aliphatic carbocycles. The van der Waals surface area contributed by atoms with E-state index in [4.69, 9.17) is 0 Å². The number of nitrogens with zero attached hydrogens (tertiary/aromatic N) is 1. The second-order valence-electron chi connectivity index (χ2n) is 7.23. The predicted octanol–water partition coefficient (Wildman–Crippen LogP) is 2.89. The van der Waals surface area contributed by atoms with Crippen LogP contribution >= 0.6 is 0 Å². The fraction of sp³-hybridized carbons (Fsp3) is 1.00. The Hall–Kier alpha value is -0.0800. The number of likely N-dealkylation sites (tertiary alicyclic amines) is 1. The molecule has 100 valence electrons. The summed E-state index contributed by atoms with van der Waals surface area (Å²) in [5.41, 5.74) is 0.515. The summed E-state index contributed by atoms with van der Waals surface area (Å²) in [5.74, 6) is 0.980. The van der Waals surface area contributed by atoms with Crippen LogP contribution in [0.3, 0.4) is 0 Å². The minimum Gasteiger partial charge on any atom is -0.317 e. The van der Waals surface area contributed by atoms with Crippen molar-refractivity contribution in [3.8, 4) is 0 Å². The molecule has 0 aromatic heterocycles. The van der Waals surface area contributed by atoms with Gasteiger partial charge in [0.2, 0.25) is 0 Å². The summed E-state index contributed by atoms with van der Waals surface area (Å²) in [5, 5.41) is 3.47. The molecule has 0 spiro atoms. The van der Waals surface area contributed by atoms with E-state index in [0.717, 1.165) is 12.0 Å². The van der Waals surface area contributed by atoms with Crippen molar-refractivity contribution in [2.45, 2.75) is 58.9 Å². The van der Waals surface area contributed by atoms with Gasteiger partial charge in [-0.2, -0.15) is 0 Å². The van der Waals surface area contributed by atoms with Crippen LogP contribution in [0.1, 0.15) is 52.9 Å². The fourth-order valence-corrected chi connectivity index (χ4v) is 3.56. The van der Waals surface area contributed by atoms with Crippen LogP contribution in [0.5, 0.6) is 0 Å². The highest BCUT2D eigenvalue weighted by Crippen LogP contribution is 2.32.